The molecule has 5 nitrogen and oxygen atoms in total. The van der Waals surface area contributed by atoms with Crippen LogP contribution in [0.1, 0.15) is 5.56 Å². The molecule has 0 aliphatic carbocycles. The number of benzene rings is 2. The fourth-order valence-corrected chi connectivity index (χ4v) is 2.37. The molecule has 0 aliphatic rings. The molecule has 106 valence electrons. The maximum atomic E-state index is 12.1. The first-order valence-electron chi connectivity index (χ1n) is 6.47. The van der Waals surface area contributed by atoms with Crippen molar-refractivity contribution in [3.63, 3.8) is 0 Å². The highest BCUT2D eigenvalue weighted by Gasteiger charge is 2.14. The van der Waals surface area contributed by atoms with Crippen molar-refractivity contribution in [2.75, 3.05) is 7.11 Å². The molecule has 0 saturated heterocycles. The van der Waals surface area contributed by atoms with Gasteiger partial charge in [0, 0.05) is 6.07 Å². The summed E-state index contributed by atoms with van der Waals surface area (Å²) >= 11 is 0. The molecular weight excluding hydrogens is 268 g/mol. The van der Waals surface area contributed by atoms with Gasteiger partial charge < -0.3 is 14.8 Å². The van der Waals surface area contributed by atoms with E-state index in [2.05, 4.69) is 9.97 Å². The second-order valence-electron chi connectivity index (χ2n) is 4.77. The van der Waals surface area contributed by atoms with Gasteiger partial charge in [0.1, 0.15) is 17.3 Å². The van der Waals surface area contributed by atoms with Gasteiger partial charge in [0.2, 0.25) is 0 Å². The lowest BCUT2D eigenvalue weighted by atomic mass is 10.1. The van der Waals surface area contributed by atoms with Gasteiger partial charge in [0.05, 0.1) is 23.6 Å². The van der Waals surface area contributed by atoms with Gasteiger partial charge in [-0.15, -0.1) is 0 Å². The molecule has 1 aromatic heterocycles. The molecule has 0 aliphatic heterocycles. The average molecular weight is 282 g/mol. The van der Waals surface area contributed by atoms with Crippen LogP contribution < -0.4 is 10.3 Å². The molecule has 0 fully saturated rings. The van der Waals surface area contributed by atoms with E-state index >= 15 is 0 Å². The first kappa shape index (κ1) is 13.2. The highest BCUT2D eigenvalue weighted by molar-refractivity contribution is 5.80. The Labute approximate surface area is 120 Å². The number of phenolic OH excluding ortho intramolecular Hbond substituents is 1. The molecule has 1 heterocycles. The van der Waals surface area contributed by atoms with Gasteiger partial charge in [-0.05, 0) is 30.7 Å². The SMILES string of the molecule is COc1cc(C)c(-c2nc3ccccc3c(=O)[nH]2)c(O)c1. The first-order chi connectivity index (χ1) is 10.1. The number of ether oxygens (including phenoxy) is 1. The van der Waals surface area contributed by atoms with Crippen LogP contribution in [-0.2, 0) is 0 Å². The zero-order valence-electron chi connectivity index (χ0n) is 11.7. The number of nitrogens with one attached hydrogen (secondary N) is 1. The van der Waals surface area contributed by atoms with Crippen LogP contribution in [0.5, 0.6) is 11.5 Å². The van der Waals surface area contributed by atoms with Gasteiger partial charge in [-0.25, -0.2) is 4.98 Å². The molecule has 3 rings (SSSR count). The Morgan fingerprint density at radius 3 is 2.71 bits per heavy atom. The molecule has 0 bridgehead atoms. The fraction of sp³-hybridized carbons (Fsp3) is 0.125. The second-order valence-corrected chi connectivity index (χ2v) is 4.77. The van der Waals surface area contributed by atoms with Gasteiger partial charge >= 0.3 is 0 Å². The third kappa shape index (κ3) is 2.23. The topological polar surface area (TPSA) is 75.2 Å². The number of hydrogen-bond acceptors (Lipinski definition) is 4. The molecule has 2 N–H and O–H groups in total. The van der Waals surface area contributed by atoms with Gasteiger partial charge in [-0.2, -0.15) is 0 Å². The lowest BCUT2D eigenvalue weighted by molar-refractivity contribution is 0.407. The molecule has 0 radical (unpaired) electrons. The van der Waals surface area contributed by atoms with Gasteiger partial charge in [0.15, 0.2) is 0 Å². The maximum absolute atomic E-state index is 12.1. The predicted octanol–water partition coefficient (Wildman–Crippen LogP) is 2.61. The standard InChI is InChI=1S/C16H14N2O3/c1-9-7-10(21-2)8-13(19)14(9)15-17-12-6-4-3-5-11(12)16(20)18-15/h3-8,19H,1-2H3,(H,17,18,20). The monoisotopic (exact) mass is 282 g/mol. The number of hydrogen-bond donors (Lipinski definition) is 2. The Morgan fingerprint density at radius 1 is 1.24 bits per heavy atom. The Bertz CT molecular complexity index is 861. The number of para-hydroxylation sites is 1. The quantitative estimate of drug-likeness (QED) is 0.757. The van der Waals surface area contributed by atoms with E-state index < -0.39 is 0 Å². The fourth-order valence-electron chi connectivity index (χ4n) is 2.37. The average Bonchev–Trinajstić information content (AvgIpc) is 2.46. The Hall–Kier alpha value is -2.82. The molecule has 0 spiro atoms. The maximum Gasteiger partial charge on any atom is 0.259 e. The van der Waals surface area contributed by atoms with Crippen LogP contribution >= 0.6 is 0 Å². The number of aromatic nitrogens is 2. The van der Waals surface area contributed by atoms with Crippen molar-refractivity contribution in [2.45, 2.75) is 6.92 Å². The van der Waals surface area contributed by atoms with Crippen LogP contribution in [-0.4, -0.2) is 22.2 Å². The van der Waals surface area contributed by atoms with Crippen molar-refractivity contribution in [3.05, 3.63) is 52.3 Å². The minimum absolute atomic E-state index is 0.0188. The summed E-state index contributed by atoms with van der Waals surface area (Å²) in [5.41, 5.74) is 1.63. The van der Waals surface area contributed by atoms with E-state index in [1.54, 1.807) is 24.3 Å². The minimum atomic E-state index is -0.231. The number of aryl methyl sites for hydroxylation is 1. The smallest absolute Gasteiger partial charge is 0.259 e. The highest BCUT2D eigenvalue weighted by Crippen LogP contribution is 2.34. The van der Waals surface area contributed by atoms with E-state index in [1.807, 2.05) is 13.0 Å². The molecule has 0 saturated carbocycles. The normalized spacial score (nSPS) is 10.8. The third-order valence-electron chi connectivity index (χ3n) is 3.37. The molecule has 21 heavy (non-hydrogen) atoms. The molecule has 2 aromatic carbocycles. The van der Waals surface area contributed by atoms with E-state index in [9.17, 15) is 9.90 Å². The first-order valence-corrected chi connectivity index (χ1v) is 6.47. The van der Waals surface area contributed by atoms with Gasteiger partial charge in [-0.3, -0.25) is 4.79 Å². The van der Waals surface area contributed by atoms with E-state index in [0.717, 1.165) is 5.56 Å². The van der Waals surface area contributed by atoms with Crippen molar-refractivity contribution >= 4 is 10.9 Å². The summed E-state index contributed by atoms with van der Waals surface area (Å²) < 4.78 is 5.11. The molecule has 3 aromatic rings. The molecule has 5 heteroatoms. The summed E-state index contributed by atoms with van der Waals surface area (Å²) in [5.74, 6) is 0.915. The highest BCUT2D eigenvalue weighted by atomic mass is 16.5. The van der Waals surface area contributed by atoms with Crippen LogP contribution in [0, 0.1) is 6.92 Å². The van der Waals surface area contributed by atoms with E-state index in [1.165, 1.54) is 13.2 Å². The number of aromatic hydroxyl groups is 1. The third-order valence-corrected chi connectivity index (χ3v) is 3.37. The zero-order valence-corrected chi connectivity index (χ0v) is 11.7. The molecule has 0 atom stereocenters. The Morgan fingerprint density at radius 2 is 2.00 bits per heavy atom. The van der Waals surface area contributed by atoms with Gasteiger partial charge in [0.25, 0.3) is 5.56 Å². The number of H-pyrrole nitrogens is 1. The van der Waals surface area contributed by atoms with Gasteiger partial charge in [-0.1, -0.05) is 12.1 Å². The van der Waals surface area contributed by atoms with Crippen molar-refractivity contribution in [2.24, 2.45) is 0 Å². The van der Waals surface area contributed by atoms with E-state index in [4.69, 9.17) is 4.74 Å². The summed E-state index contributed by atoms with van der Waals surface area (Å²) in [5, 5.41) is 10.7. The van der Waals surface area contributed by atoms with Crippen molar-refractivity contribution in [1.29, 1.82) is 0 Å². The van der Waals surface area contributed by atoms with Crippen molar-refractivity contribution in [1.82, 2.24) is 9.97 Å². The van der Waals surface area contributed by atoms with E-state index in [-0.39, 0.29) is 11.3 Å². The number of methoxy groups -OCH3 is 1. The molecular formula is C16H14N2O3. The van der Waals surface area contributed by atoms with Crippen LogP contribution in [0.3, 0.4) is 0 Å². The predicted molar refractivity (Wildman–Crippen MR) is 80.8 cm³/mol. The molecule has 0 unspecified atom stereocenters. The summed E-state index contributed by atoms with van der Waals surface area (Å²) in [6.07, 6.45) is 0. The summed E-state index contributed by atoms with van der Waals surface area (Å²) in [7, 11) is 1.53. The zero-order chi connectivity index (χ0) is 15.0. The summed E-state index contributed by atoms with van der Waals surface area (Å²) in [4.78, 5) is 19.3. The summed E-state index contributed by atoms with van der Waals surface area (Å²) in [6.45, 7) is 1.83. The minimum Gasteiger partial charge on any atom is -0.507 e. The Balaban J connectivity index is 2.28. The van der Waals surface area contributed by atoms with Crippen molar-refractivity contribution < 1.29 is 9.84 Å². The van der Waals surface area contributed by atoms with Crippen LogP contribution in [0.15, 0.2) is 41.2 Å². The number of nitrogens with zero attached hydrogens (tertiary/aromatic N) is 1. The summed E-state index contributed by atoms with van der Waals surface area (Å²) in [6, 6.07) is 10.4. The lowest BCUT2D eigenvalue weighted by Crippen LogP contribution is -2.09. The Kier molecular flexibility index (Phi) is 3.10. The van der Waals surface area contributed by atoms with E-state index in [0.29, 0.717) is 28.0 Å². The number of fused-ring (bicyclic) bond motifs is 1. The van der Waals surface area contributed by atoms with Crippen LogP contribution in [0.4, 0.5) is 0 Å². The molecule has 0 amide bonds. The number of aromatic amines is 1. The van der Waals surface area contributed by atoms with Crippen LogP contribution in [0.25, 0.3) is 22.3 Å². The largest absolute Gasteiger partial charge is 0.507 e. The number of rotatable bonds is 2. The van der Waals surface area contributed by atoms with Crippen LogP contribution in [0.2, 0.25) is 0 Å². The van der Waals surface area contributed by atoms with Crippen molar-refractivity contribution in [3.8, 4) is 22.9 Å². The second kappa shape index (κ2) is 4.94. The lowest BCUT2D eigenvalue weighted by Gasteiger charge is -2.10. The number of phenols is 1.